The van der Waals surface area contributed by atoms with Crippen LogP contribution >= 0.6 is 22.9 Å². The van der Waals surface area contributed by atoms with Gasteiger partial charge in [-0.1, -0.05) is 51.1 Å². The molecule has 0 aliphatic heterocycles. The van der Waals surface area contributed by atoms with Gasteiger partial charge in [0.05, 0.1) is 7.11 Å². The van der Waals surface area contributed by atoms with Crippen molar-refractivity contribution in [3.63, 3.8) is 0 Å². The molecule has 0 aromatic heterocycles. The van der Waals surface area contributed by atoms with Crippen molar-refractivity contribution in [2.45, 2.75) is 40.7 Å². The molecule has 0 radical (unpaired) electrons. The molecule has 8 heteroatoms. The van der Waals surface area contributed by atoms with E-state index < -0.39 is 0 Å². The molecule has 168 valence electrons. The fourth-order valence-corrected chi connectivity index (χ4v) is 2.20. The van der Waals surface area contributed by atoms with Gasteiger partial charge in [-0.15, -0.1) is 0 Å². The second kappa shape index (κ2) is 20.3. The predicted molar refractivity (Wildman–Crippen MR) is 134 cm³/mol. The molecule has 2 aromatic rings. The highest BCUT2D eigenvalue weighted by Gasteiger charge is 2.06. The van der Waals surface area contributed by atoms with Crippen LogP contribution in [-0.4, -0.2) is 26.5 Å². The van der Waals surface area contributed by atoms with Gasteiger partial charge in [-0.3, -0.25) is 13.5 Å². The molecule has 0 atom stereocenters. The van der Waals surface area contributed by atoms with Crippen LogP contribution in [0.1, 0.15) is 38.3 Å². The predicted octanol–water partition coefficient (Wildman–Crippen LogP) is 4.35. The first-order chi connectivity index (χ1) is 14.5. The highest BCUT2D eigenvalue weighted by molar-refractivity contribution is 14.1. The van der Waals surface area contributed by atoms with E-state index in [0.29, 0.717) is 19.4 Å². The van der Waals surface area contributed by atoms with Crippen molar-refractivity contribution in [2.24, 2.45) is 3.95 Å². The van der Waals surface area contributed by atoms with Crippen LogP contribution in [0.15, 0.2) is 42.5 Å². The Kier molecular flexibility index (Phi) is 20.4. The van der Waals surface area contributed by atoms with Crippen molar-refractivity contribution in [3.8, 4) is 11.1 Å². The fourth-order valence-electron chi connectivity index (χ4n) is 2.20. The summed E-state index contributed by atoms with van der Waals surface area (Å²) in [6.45, 7) is 8.31. The Hall–Kier alpha value is -2.01. The lowest BCUT2D eigenvalue weighted by molar-refractivity contribution is -0.116. The Morgan fingerprint density at radius 1 is 1.13 bits per heavy atom. The average Bonchev–Trinajstić information content (AvgIpc) is 2.82. The van der Waals surface area contributed by atoms with E-state index >= 15 is 0 Å². The van der Waals surface area contributed by atoms with Gasteiger partial charge in [-0.2, -0.15) is 0 Å². The number of halogens is 1. The van der Waals surface area contributed by atoms with Gasteiger partial charge in [0.2, 0.25) is 12.3 Å². The summed E-state index contributed by atoms with van der Waals surface area (Å²) in [4.78, 5) is 26.3. The molecule has 0 bridgehead atoms. The lowest BCUT2D eigenvalue weighted by Gasteiger charge is -2.11. The molecule has 0 spiro atoms. The zero-order valence-electron chi connectivity index (χ0n) is 18.7. The molecule has 0 heterocycles. The van der Waals surface area contributed by atoms with E-state index in [1.54, 1.807) is 37.0 Å². The smallest absolute Gasteiger partial charge is 0.224 e. The van der Waals surface area contributed by atoms with Gasteiger partial charge in [0.25, 0.3) is 0 Å². The number of aryl methyl sites for hydroxylation is 1. The molecule has 5 N–H and O–H groups in total. The maximum atomic E-state index is 11.6. The molecular formula is C22H35IN4O3. The number of nitrogens with one attached hydrogen (secondary N) is 3. The number of hydrogen-bond acceptors (Lipinski definition) is 5. The molecule has 0 aliphatic rings. The maximum Gasteiger partial charge on any atom is 0.224 e. The average molecular weight is 530 g/mol. The van der Waals surface area contributed by atoms with E-state index in [-0.39, 0.29) is 5.91 Å². The number of nitrogens with two attached hydrogens (primary N) is 1. The van der Waals surface area contributed by atoms with Crippen molar-refractivity contribution >= 4 is 40.9 Å². The van der Waals surface area contributed by atoms with Gasteiger partial charge in [0.15, 0.2) is 0 Å². The van der Waals surface area contributed by atoms with E-state index in [0.717, 1.165) is 27.9 Å². The standard InChI is InChI=1S/C18H20N2O2.C2H7NO.C2H6.H2IN/c1-3-18(22)20-17-10-16(8-7-13(17)2)15-6-4-5-14(9-15)11-19-12-21;1-3-4-2;2*1-2/h4-10,12H,3,11H2,1-2H3,(H,19,21)(H,20,22);3H,1-2H3;1-2H3;2H2. The molecule has 7 nitrogen and oxygen atoms in total. The van der Waals surface area contributed by atoms with E-state index in [2.05, 4.69) is 24.9 Å². The highest BCUT2D eigenvalue weighted by Crippen LogP contribution is 2.26. The van der Waals surface area contributed by atoms with Gasteiger partial charge >= 0.3 is 0 Å². The topological polar surface area (TPSA) is 105 Å². The monoisotopic (exact) mass is 530 g/mol. The third kappa shape index (κ3) is 12.5. The zero-order valence-corrected chi connectivity index (χ0v) is 20.9. The Balaban J connectivity index is 0. The van der Waals surface area contributed by atoms with Gasteiger partial charge in [0, 0.05) is 48.6 Å². The van der Waals surface area contributed by atoms with Gasteiger partial charge in [-0.05, 0) is 41.3 Å². The first kappa shape index (κ1) is 30.2. The van der Waals surface area contributed by atoms with Crippen molar-refractivity contribution in [1.29, 1.82) is 0 Å². The minimum absolute atomic E-state index is 0.00387. The van der Waals surface area contributed by atoms with E-state index in [9.17, 15) is 9.59 Å². The summed E-state index contributed by atoms with van der Waals surface area (Å²) in [5.74, 6) is 0.00387. The van der Waals surface area contributed by atoms with Crippen LogP contribution in [0.5, 0.6) is 0 Å². The Bertz CT molecular complexity index is 725. The molecule has 2 rings (SSSR count). The summed E-state index contributed by atoms with van der Waals surface area (Å²) < 4.78 is 4.47. The number of anilines is 1. The largest absolute Gasteiger partial charge is 0.355 e. The normalized spacial score (nSPS) is 8.80. The van der Waals surface area contributed by atoms with Crippen molar-refractivity contribution < 1.29 is 14.4 Å². The van der Waals surface area contributed by atoms with Crippen LogP contribution in [0.3, 0.4) is 0 Å². The quantitative estimate of drug-likeness (QED) is 0.185. The van der Waals surface area contributed by atoms with Crippen LogP contribution < -0.4 is 20.1 Å². The summed E-state index contributed by atoms with van der Waals surface area (Å²) in [5, 5.41) is 5.58. The molecule has 2 aromatic carbocycles. The number of rotatable bonds is 7. The van der Waals surface area contributed by atoms with Crippen molar-refractivity contribution in [2.75, 3.05) is 19.5 Å². The molecule has 0 saturated heterocycles. The molecule has 2 amide bonds. The minimum Gasteiger partial charge on any atom is -0.355 e. The lowest BCUT2D eigenvalue weighted by atomic mass is 10.0. The third-order valence-electron chi connectivity index (χ3n) is 3.69. The first-order valence-corrected chi connectivity index (χ1v) is 10.9. The number of benzene rings is 2. The molecule has 0 saturated carbocycles. The van der Waals surface area contributed by atoms with Gasteiger partial charge < -0.3 is 15.5 Å². The second-order valence-electron chi connectivity index (χ2n) is 5.54. The van der Waals surface area contributed by atoms with E-state index in [1.807, 2.05) is 70.2 Å². The second-order valence-corrected chi connectivity index (χ2v) is 5.54. The van der Waals surface area contributed by atoms with Gasteiger partial charge in [-0.25, -0.2) is 5.48 Å². The summed E-state index contributed by atoms with van der Waals surface area (Å²) in [6, 6.07) is 14.0. The third-order valence-corrected chi connectivity index (χ3v) is 3.69. The minimum atomic E-state index is 0.00387. The van der Waals surface area contributed by atoms with Gasteiger partial charge in [0.1, 0.15) is 0 Å². The number of carbonyl (C=O) groups excluding carboxylic acids is 2. The molecule has 0 unspecified atom stereocenters. The SMILES string of the molecule is CC.CCC(=O)Nc1cc(-c2cccc(CNC=O)c2)ccc1C.CNOC.NI. The Labute approximate surface area is 194 Å². The van der Waals surface area contributed by atoms with Crippen LogP contribution in [0.25, 0.3) is 11.1 Å². The maximum absolute atomic E-state index is 11.6. The summed E-state index contributed by atoms with van der Waals surface area (Å²) in [7, 11) is 3.28. The van der Waals surface area contributed by atoms with Crippen LogP contribution in [0.4, 0.5) is 5.69 Å². The molecule has 30 heavy (non-hydrogen) atoms. The first-order valence-electron chi connectivity index (χ1n) is 9.64. The Morgan fingerprint density at radius 3 is 2.27 bits per heavy atom. The van der Waals surface area contributed by atoms with Crippen LogP contribution in [0, 0.1) is 6.92 Å². The number of carbonyl (C=O) groups is 2. The number of amides is 2. The highest BCUT2D eigenvalue weighted by atomic mass is 127. The Morgan fingerprint density at radius 2 is 1.73 bits per heavy atom. The lowest BCUT2D eigenvalue weighted by Crippen LogP contribution is -2.10. The van der Waals surface area contributed by atoms with Crippen molar-refractivity contribution in [3.05, 3.63) is 53.6 Å². The summed E-state index contributed by atoms with van der Waals surface area (Å²) in [6.07, 6.45) is 1.15. The fraction of sp³-hybridized carbons (Fsp3) is 0.364. The zero-order chi connectivity index (χ0) is 23.4. The summed E-state index contributed by atoms with van der Waals surface area (Å²) in [5.41, 5.74) is 7.41. The van der Waals surface area contributed by atoms with E-state index in [4.69, 9.17) is 0 Å². The molecule has 0 aliphatic carbocycles. The van der Waals surface area contributed by atoms with Crippen LogP contribution in [0.2, 0.25) is 0 Å². The van der Waals surface area contributed by atoms with Crippen molar-refractivity contribution in [1.82, 2.24) is 10.8 Å². The summed E-state index contributed by atoms with van der Waals surface area (Å²) >= 11 is 1.65. The molecule has 0 fully saturated rings. The van der Waals surface area contributed by atoms with Crippen LogP contribution in [-0.2, 0) is 21.0 Å². The number of hydrogen-bond donors (Lipinski definition) is 4. The van der Waals surface area contributed by atoms with E-state index in [1.165, 1.54) is 0 Å². The number of hydroxylamine groups is 1. The molecular weight excluding hydrogens is 495 g/mol.